The maximum absolute atomic E-state index is 12.9. The van der Waals surface area contributed by atoms with Crippen LogP contribution in [0.25, 0.3) is 26.8 Å². The lowest BCUT2D eigenvalue weighted by Gasteiger charge is -2.07. The van der Waals surface area contributed by atoms with E-state index in [1.54, 1.807) is 22.7 Å². The van der Waals surface area contributed by atoms with Crippen LogP contribution in [0.3, 0.4) is 0 Å². The summed E-state index contributed by atoms with van der Waals surface area (Å²) in [6, 6.07) is 17.9. The van der Waals surface area contributed by atoms with Crippen molar-refractivity contribution in [2.45, 2.75) is 13.3 Å². The van der Waals surface area contributed by atoms with Crippen molar-refractivity contribution in [1.82, 2.24) is 14.4 Å². The van der Waals surface area contributed by atoms with Crippen molar-refractivity contribution in [3.05, 3.63) is 82.8 Å². The van der Waals surface area contributed by atoms with E-state index in [1.165, 1.54) is 0 Å². The van der Waals surface area contributed by atoms with Crippen LogP contribution in [0.4, 0.5) is 5.82 Å². The summed E-state index contributed by atoms with van der Waals surface area (Å²) in [7, 11) is 0. The van der Waals surface area contributed by atoms with E-state index in [0.717, 1.165) is 38.0 Å². The highest BCUT2D eigenvalue weighted by atomic mass is 32.1. The zero-order valence-corrected chi connectivity index (χ0v) is 17.8. The Bertz CT molecular complexity index is 1320. The summed E-state index contributed by atoms with van der Waals surface area (Å²) in [6.07, 6.45) is 2.14. The van der Waals surface area contributed by atoms with Gasteiger partial charge in [-0.3, -0.25) is 9.20 Å². The van der Waals surface area contributed by atoms with Crippen molar-refractivity contribution >= 4 is 40.0 Å². The van der Waals surface area contributed by atoms with Gasteiger partial charge in [0.2, 0.25) is 5.91 Å². The van der Waals surface area contributed by atoms with Crippen LogP contribution in [-0.4, -0.2) is 20.3 Å². The van der Waals surface area contributed by atoms with Crippen molar-refractivity contribution in [3.63, 3.8) is 0 Å². The lowest BCUT2D eigenvalue weighted by molar-refractivity contribution is -0.115. The molecule has 0 fully saturated rings. The van der Waals surface area contributed by atoms with Gasteiger partial charge in [-0.05, 0) is 30.0 Å². The van der Waals surface area contributed by atoms with Crippen LogP contribution in [0, 0.1) is 6.92 Å². The maximum Gasteiger partial charge on any atom is 0.231 e. The Kier molecular flexibility index (Phi) is 4.90. The van der Waals surface area contributed by atoms with Crippen LogP contribution in [-0.2, 0) is 11.2 Å². The number of imidazole rings is 1. The summed E-state index contributed by atoms with van der Waals surface area (Å²) in [6.45, 7) is 2.02. The molecule has 0 bridgehead atoms. The van der Waals surface area contributed by atoms with Crippen molar-refractivity contribution in [3.8, 4) is 21.1 Å². The van der Waals surface area contributed by atoms with Gasteiger partial charge in [-0.15, -0.1) is 22.7 Å². The fourth-order valence-corrected chi connectivity index (χ4v) is 5.00. The molecule has 148 valence electrons. The smallest absolute Gasteiger partial charge is 0.231 e. The molecule has 0 saturated carbocycles. The number of hydrogen-bond acceptors (Lipinski definition) is 5. The minimum absolute atomic E-state index is 0.112. The number of nitrogens with zero attached hydrogens (tertiary/aromatic N) is 3. The van der Waals surface area contributed by atoms with Gasteiger partial charge < -0.3 is 5.32 Å². The van der Waals surface area contributed by atoms with Gasteiger partial charge in [0.15, 0.2) is 0 Å². The predicted octanol–water partition coefficient (Wildman–Crippen LogP) is 5.68. The molecule has 1 aromatic carbocycles. The van der Waals surface area contributed by atoms with Gasteiger partial charge in [0, 0.05) is 17.1 Å². The van der Waals surface area contributed by atoms with Crippen LogP contribution in [0.5, 0.6) is 0 Å². The first-order valence-electron chi connectivity index (χ1n) is 9.50. The lowest BCUT2D eigenvalue weighted by atomic mass is 10.1. The molecule has 5 aromatic rings. The third-order valence-electron chi connectivity index (χ3n) is 4.78. The molecule has 30 heavy (non-hydrogen) atoms. The topological polar surface area (TPSA) is 59.3 Å². The van der Waals surface area contributed by atoms with Crippen LogP contribution in [0.1, 0.15) is 11.3 Å². The first kappa shape index (κ1) is 18.7. The number of carbonyl (C=O) groups excluding carboxylic acids is 1. The molecule has 5 rings (SSSR count). The summed E-state index contributed by atoms with van der Waals surface area (Å²) < 4.78 is 1.94. The fourth-order valence-electron chi connectivity index (χ4n) is 3.36. The van der Waals surface area contributed by atoms with E-state index < -0.39 is 0 Å². The zero-order chi connectivity index (χ0) is 20.5. The van der Waals surface area contributed by atoms with E-state index in [4.69, 9.17) is 4.98 Å². The molecule has 1 N–H and O–H groups in total. The van der Waals surface area contributed by atoms with E-state index in [9.17, 15) is 4.79 Å². The third-order valence-corrected chi connectivity index (χ3v) is 6.71. The van der Waals surface area contributed by atoms with Crippen LogP contribution in [0.2, 0.25) is 0 Å². The number of pyridine rings is 1. The maximum atomic E-state index is 12.9. The molecular weight excluding hydrogens is 412 g/mol. The Morgan fingerprint density at radius 1 is 1.03 bits per heavy atom. The summed E-state index contributed by atoms with van der Waals surface area (Å²) in [5, 5.41) is 8.01. The normalized spacial score (nSPS) is 11.1. The van der Waals surface area contributed by atoms with Gasteiger partial charge in [0.1, 0.15) is 22.2 Å². The van der Waals surface area contributed by atoms with Crippen LogP contribution in [0.15, 0.2) is 71.6 Å². The van der Waals surface area contributed by atoms with Crippen molar-refractivity contribution in [1.29, 1.82) is 0 Å². The Balaban J connectivity index is 1.46. The quantitative estimate of drug-likeness (QED) is 0.390. The monoisotopic (exact) mass is 430 g/mol. The molecular formula is C23H18N4OS2. The van der Waals surface area contributed by atoms with E-state index in [-0.39, 0.29) is 12.3 Å². The molecule has 0 atom stereocenters. The van der Waals surface area contributed by atoms with Gasteiger partial charge in [-0.1, -0.05) is 42.5 Å². The average Bonchev–Trinajstić information content (AvgIpc) is 3.50. The van der Waals surface area contributed by atoms with Gasteiger partial charge in [0.05, 0.1) is 17.0 Å². The number of rotatable bonds is 5. The van der Waals surface area contributed by atoms with E-state index in [2.05, 4.69) is 10.3 Å². The molecule has 0 aliphatic rings. The highest BCUT2D eigenvalue weighted by Crippen LogP contribution is 2.31. The molecule has 0 unspecified atom stereocenters. The minimum atomic E-state index is -0.112. The number of hydrogen-bond donors (Lipinski definition) is 1. The number of carbonyl (C=O) groups is 1. The molecule has 5 nitrogen and oxygen atoms in total. The fraction of sp³-hybridized carbons (Fsp3) is 0.0870. The number of nitrogens with one attached hydrogen (secondary N) is 1. The number of amides is 1. The highest BCUT2D eigenvalue weighted by Gasteiger charge is 2.18. The molecule has 4 heterocycles. The zero-order valence-electron chi connectivity index (χ0n) is 16.2. The van der Waals surface area contributed by atoms with Crippen LogP contribution >= 0.6 is 22.7 Å². The lowest BCUT2D eigenvalue weighted by Crippen LogP contribution is -2.16. The highest BCUT2D eigenvalue weighted by molar-refractivity contribution is 7.20. The van der Waals surface area contributed by atoms with E-state index in [1.807, 2.05) is 82.9 Å². The first-order valence-corrected chi connectivity index (χ1v) is 11.3. The molecule has 0 aliphatic heterocycles. The predicted molar refractivity (Wildman–Crippen MR) is 123 cm³/mol. The average molecular weight is 431 g/mol. The molecule has 7 heteroatoms. The second-order valence-corrected chi connectivity index (χ2v) is 8.71. The number of anilines is 1. The van der Waals surface area contributed by atoms with Crippen molar-refractivity contribution in [2.75, 3.05) is 5.32 Å². The number of thiazole rings is 1. The summed E-state index contributed by atoms with van der Waals surface area (Å²) in [5.74, 6) is 0.567. The number of benzene rings is 1. The second-order valence-electron chi connectivity index (χ2n) is 6.91. The van der Waals surface area contributed by atoms with Crippen molar-refractivity contribution < 1.29 is 4.79 Å². The number of aryl methyl sites for hydroxylation is 1. The van der Waals surface area contributed by atoms with E-state index in [0.29, 0.717) is 5.82 Å². The molecule has 0 saturated heterocycles. The SMILES string of the molecule is Cc1cccn2c(NC(=O)Cc3csc(-c4cccs4)n3)c(-c3ccccc3)nc12. The van der Waals surface area contributed by atoms with Crippen LogP contribution < -0.4 is 5.32 Å². The number of aromatic nitrogens is 3. The number of fused-ring (bicyclic) bond motifs is 1. The molecule has 0 aliphatic carbocycles. The molecule has 4 aromatic heterocycles. The number of thiophene rings is 1. The van der Waals surface area contributed by atoms with Gasteiger partial charge >= 0.3 is 0 Å². The summed E-state index contributed by atoms with van der Waals surface area (Å²) in [5.41, 5.74) is 4.38. The molecule has 0 spiro atoms. The van der Waals surface area contributed by atoms with Gasteiger partial charge in [-0.25, -0.2) is 9.97 Å². The van der Waals surface area contributed by atoms with Gasteiger partial charge in [-0.2, -0.15) is 0 Å². The Morgan fingerprint density at radius 3 is 2.70 bits per heavy atom. The Hall–Kier alpha value is -3.29. The first-order chi connectivity index (χ1) is 14.7. The Labute approximate surface area is 181 Å². The molecule has 1 amide bonds. The summed E-state index contributed by atoms with van der Waals surface area (Å²) in [4.78, 5) is 23.5. The third kappa shape index (κ3) is 3.53. The van der Waals surface area contributed by atoms with Crippen molar-refractivity contribution in [2.24, 2.45) is 0 Å². The van der Waals surface area contributed by atoms with E-state index >= 15 is 0 Å². The van der Waals surface area contributed by atoms with Gasteiger partial charge in [0.25, 0.3) is 0 Å². The molecule has 0 radical (unpaired) electrons. The minimum Gasteiger partial charge on any atom is -0.310 e. The second kappa shape index (κ2) is 7.85. The largest absolute Gasteiger partial charge is 0.310 e. The Morgan fingerprint density at radius 2 is 1.90 bits per heavy atom. The summed E-state index contributed by atoms with van der Waals surface area (Å²) >= 11 is 3.21. The standard InChI is InChI=1S/C23H18N4OS2/c1-15-7-5-11-27-21(15)26-20(16-8-3-2-4-9-16)22(27)25-19(28)13-17-14-30-23(24-17)18-10-6-12-29-18/h2-12,14H,13H2,1H3,(H,25,28).